The second-order valence-corrected chi connectivity index (χ2v) is 15.2. The Morgan fingerprint density at radius 1 is 1.14 bits per heavy atom. The number of aromatic nitrogens is 3. The van der Waals surface area contributed by atoms with Crippen molar-refractivity contribution in [3.8, 4) is 5.69 Å². The molecule has 2 aliphatic heterocycles. The van der Waals surface area contributed by atoms with Gasteiger partial charge in [0.05, 0.1) is 54.2 Å². The maximum atomic E-state index is 13.6. The van der Waals surface area contributed by atoms with Gasteiger partial charge in [0.25, 0.3) is 5.56 Å². The first-order valence-corrected chi connectivity index (χ1v) is 16.7. The molecule has 1 N–H and O–H groups in total. The van der Waals surface area contributed by atoms with Crippen molar-refractivity contribution in [2.75, 3.05) is 26.2 Å². The van der Waals surface area contributed by atoms with Crippen LogP contribution in [0.3, 0.4) is 0 Å². The number of hydrogen-bond acceptors (Lipinski definition) is 7. The highest BCUT2D eigenvalue weighted by atomic mass is 35.5. The van der Waals surface area contributed by atoms with Gasteiger partial charge in [0.2, 0.25) is 5.91 Å². The first kappa shape index (κ1) is 35.2. The number of carbonyl (C=O) groups is 2. The lowest BCUT2D eigenvalue weighted by atomic mass is 9.90. The second-order valence-electron chi connectivity index (χ2n) is 14.8. The van der Waals surface area contributed by atoms with Crippen LogP contribution in [0.1, 0.15) is 65.5 Å². The average molecular weight is 708 g/mol. The first-order chi connectivity index (χ1) is 22.8. The minimum atomic E-state index is -4.42. The zero-order valence-electron chi connectivity index (χ0n) is 28.1. The fourth-order valence-corrected chi connectivity index (χ4v) is 7.22. The summed E-state index contributed by atoms with van der Waals surface area (Å²) < 4.78 is 54.0. The van der Waals surface area contributed by atoms with E-state index in [0.717, 1.165) is 5.56 Å². The van der Waals surface area contributed by atoms with Crippen LogP contribution in [0.25, 0.3) is 16.7 Å². The summed E-state index contributed by atoms with van der Waals surface area (Å²) in [4.78, 5) is 47.1. The Hall–Kier alpha value is -3.62. The molecule has 0 spiro atoms. The minimum Gasteiger partial charge on any atom is -0.444 e. The van der Waals surface area contributed by atoms with Gasteiger partial charge >= 0.3 is 12.3 Å². The number of nitrogens with zero attached hydrogens (tertiary/aromatic N) is 5. The third-order valence-electron chi connectivity index (χ3n) is 9.84. The van der Waals surface area contributed by atoms with Crippen molar-refractivity contribution in [2.45, 2.75) is 90.0 Å². The highest BCUT2D eigenvalue weighted by molar-refractivity contribution is 6.31. The predicted molar refractivity (Wildman–Crippen MR) is 174 cm³/mol. The van der Waals surface area contributed by atoms with Crippen molar-refractivity contribution in [1.29, 1.82) is 0 Å². The Balaban J connectivity index is 1.17. The summed E-state index contributed by atoms with van der Waals surface area (Å²) in [6, 6.07) is 8.49. The number of halogens is 4. The molecule has 0 bridgehead atoms. The second kappa shape index (κ2) is 12.3. The van der Waals surface area contributed by atoms with Crippen molar-refractivity contribution in [1.82, 2.24) is 23.9 Å². The smallest absolute Gasteiger partial charge is 0.410 e. The van der Waals surface area contributed by atoms with Gasteiger partial charge in [-0.05, 0) is 70.7 Å². The maximum absolute atomic E-state index is 13.6. The molecule has 2 amide bonds. The van der Waals surface area contributed by atoms with Crippen LogP contribution in [0.15, 0.2) is 41.5 Å². The number of amides is 2. The van der Waals surface area contributed by atoms with E-state index < -0.39 is 46.3 Å². The zero-order chi connectivity index (χ0) is 35.7. The molecule has 1 aliphatic carbocycles. The number of ether oxygens (including phenoxy) is 2. The normalized spacial score (nSPS) is 25.8. The Labute approximate surface area is 286 Å². The number of benzene rings is 1. The SMILES string of the molecule is C[C@H]1CN(C(=O)OC(C)(C)C)[C@H](c2ccc(-n3c(Cl)cc4c(=O)n(CC5(O)CCN(C(=O)[C@]6(C)C[C@H]6C(F)(F)F)CC5)cnc43)cc2)CO1. The third kappa shape index (κ3) is 6.91. The van der Waals surface area contributed by atoms with Crippen molar-refractivity contribution in [3.05, 3.63) is 57.7 Å². The molecule has 2 saturated heterocycles. The van der Waals surface area contributed by atoms with E-state index in [9.17, 15) is 32.7 Å². The summed E-state index contributed by atoms with van der Waals surface area (Å²) in [7, 11) is 0. The highest BCUT2D eigenvalue weighted by Gasteiger charge is 2.68. The average Bonchev–Trinajstić information content (AvgIpc) is 3.63. The largest absolute Gasteiger partial charge is 0.444 e. The van der Waals surface area contributed by atoms with Gasteiger partial charge in [0.1, 0.15) is 17.1 Å². The van der Waals surface area contributed by atoms with Gasteiger partial charge in [-0.2, -0.15) is 13.2 Å². The van der Waals surface area contributed by atoms with Crippen LogP contribution in [-0.2, 0) is 20.8 Å². The first-order valence-electron chi connectivity index (χ1n) is 16.4. The number of alkyl halides is 3. The molecule has 266 valence electrons. The molecule has 1 saturated carbocycles. The minimum absolute atomic E-state index is 0.0830. The van der Waals surface area contributed by atoms with Crippen molar-refractivity contribution in [2.24, 2.45) is 11.3 Å². The fourth-order valence-electron chi connectivity index (χ4n) is 6.93. The molecule has 3 fully saturated rings. The summed E-state index contributed by atoms with van der Waals surface area (Å²) in [5, 5.41) is 11.8. The Morgan fingerprint density at radius 3 is 2.39 bits per heavy atom. The molecule has 4 atom stereocenters. The monoisotopic (exact) mass is 707 g/mol. The van der Waals surface area contributed by atoms with Gasteiger partial charge in [-0.25, -0.2) is 9.78 Å². The highest BCUT2D eigenvalue weighted by Crippen LogP contribution is 2.61. The van der Waals surface area contributed by atoms with Crippen LogP contribution in [0.2, 0.25) is 5.15 Å². The number of aliphatic hydroxyl groups is 1. The molecular weight excluding hydrogens is 667 g/mol. The zero-order valence-corrected chi connectivity index (χ0v) is 28.8. The van der Waals surface area contributed by atoms with Gasteiger partial charge in [0, 0.05) is 18.8 Å². The van der Waals surface area contributed by atoms with Crippen molar-refractivity contribution < 1.29 is 37.3 Å². The van der Waals surface area contributed by atoms with E-state index in [1.165, 1.54) is 28.8 Å². The lowest BCUT2D eigenvalue weighted by Crippen LogP contribution is -2.51. The summed E-state index contributed by atoms with van der Waals surface area (Å²) in [5.74, 6) is -2.20. The van der Waals surface area contributed by atoms with E-state index >= 15 is 0 Å². The molecule has 4 heterocycles. The summed E-state index contributed by atoms with van der Waals surface area (Å²) in [6.45, 7) is 9.42. The van der Waals surface area contributed by atoms with Crippen LogP contribution in [0, 0.1) is 11.3 Å². The molecule has 2 aromatic heterocycles. The molecule has 0 unspecified atom stereocenters. The number of hydrogen-bond donors (Lipinski definition) is 1. The van der Waals surface area contributed by atoms with E-state index in [2.05, 4.69) is 4.98 Å². The van der Waals surface area contributed by atoms with Crippen LogP contribution in [0.4, 0.5) is 18.0 Å². The van der Waals surface area contributed by atoms with Crippen molar-refractivity contribution >= 4 is 34.6 Å². The Bertz CT molecular complexity index is 1810. The van der Waals surface area contributed by atoms with E-state index in [1.807, 2.05) is 52.0 Å². The molecule has 3 aliphatic rings. The summed E-state index contributed by atoms with van der Waals surface area (Å²) in [6.07, 6.45) is -3.70. The van der Waals surface area contributed by atoms with Gasteiger partial charge in [-0.15, -0.1) is 0 Å². The molecule has 1 aromatic carbocycles. The fraction of sp³-hybridized carbons (Fsp3) is 0.588. The summed E-state index contributed by atoms with van der Waals surface area (Å²) >= 11 is 6.63. The van der Waals surface area contributed by atoms with E-state index in [4.69, 9.17) is 21.1 Å². The number of morpholine rings is 1. The molecule has 6 rings (SSSR count). The number of carbonyl (C=O) groups excluding carboxylic acids is 2. The molecular formula is C34H41ClF3N5O6. The van der Waals surface area contributed by atoms with Crippen molar-refractivity contribution in [3.63, 3.8) is 0 Å². The van der Waals surface area contributed by atoms with Crippen LogP contribution in [0.5, 0.6) is 0 Å². The molecule has 0 radical (unpaired) electrons. The lowest BCUT2D eigenvalue weighted by molar-refractivity contribution is -0.165. The van der Waals surface area contributed by atoms with Gasteiger partial charge < -0.3 is 19.5 Å². The topological polar surface area (TPSA) is 119 Å². The van der Waals surface area contributed by atoms with E-state index in [-0.39, 0.29) is 61.6 Å². The maximum Gasteiger partial charge on any atom is 0.410 e. The molecule has 11 nitrogen and oxygen atoms in total. The van der Waals surface area contributed by atoms with Crippen LogP contribution in [-0.4, -0.2) is 90.7 Å². The predicted octanol–water partition coefficient (Wildman–Crippen LogP) is 5.48. The molecule has 49 heavy (non-hydrogen) atoms. The van der Waals surface area contributed by atoms with Gasteiger partial charge in [0.15, 0.2) is 5.65 Å². The van der Waals surface area contributed by atoms with Crippen LogP contribution >= 0.6 is 11.6 Å². The number of likely N-dealkylation sites (tertiary alicyclic amines) is 1. The lowest BCUT2D eigenvalue weighted by Gasteiger charge is -2.39. The summed E-state index contributed by atoms with van der Waals surface area (Å²) in [5.41, 5.74) is -2.12. The van der Waals surface area contributed by atoms with Crippen LogP contribution < -0.4 is 5.56 Å². The van der Waals surface area contributed by atoms with Gasteiger partial charge in [-0.3, -0.25) is 23.6 Å². The third-order valence-corrected chi connectivity index (χ3v) is 10.1. The Morgan fingerprint density at radius 2 is 1.80 bits per heavy atom. The Kier molecular flexibility index (Phi) is 8.84. The van der Waals surface area contributed by atoms with E-state index in [0.29, 0.717) is 24.5 Å². The number of rotatable bonds is 5. The van der Waals surface area contributed by atoms with Gasteiger partial charge in [-0.1, -0.05) is 30.7 Å². The standard InChI is InChI=1S/C34H41ClF3N5O6/c1-20-16-42(30(46)49-31(2,3)4)24(17-48-20)21-6-8-22(9-7-21)43-26(35)14-23-27(43)39-19-41(28(23)44)18-33(47)10-12-40(13-11-33)29(45)32(5)15-25(32)34(36,37)38/h6-9,14,19-20,24-25,47H,10-13,15-18H2,1-5H3/t20-,24-,25+,32+/m0/s1. The molecule has 3 aromatic rings. The molecule has 15 heteroatoms. The number of piperidine rings is 1. The number of fused-ring (bicyclic) bond motifs is 1. The van der Waals surface area contributed by atoms with E-state index in [1.54, 1.807) is 9.47 Å². The quantitative estimate of drug-likeness (QED) is 0.373.